The number of carbonyl (C=O) groups is 2. The molecule has 3 rings (SSSR count). The number of pyridine rings is 1. The third-order valence-corrected chi connectivity index (χ3v) is 4.56. The van der Waals surface area contributed by atoms with Crippen LogP contribution in [0.4, 0.5) is 0 Å². The average Bonchev–Trinajstić information content (AvgIpc) is 3.17. The first-order valence-corrected chi connectivity index (χ1v) is 8.25. The van der Waals surface area contributed by atoms with Crippen LogP contribution >= 0.6 is 0 Å². The molecular formula is C17H22N4O4. The predicted molar refractivity (Wildman–Crippen MR) is 90.5 cm³/mol. The van der Waals surface area contributed by atoms with Crippen LogP contribution in [0.3, 0.4) is 0 Å². The van der Waals surface area contributed by atoms with E-state index in [9.17, 15) is 14.7 Å². The number of rotatable bonds is 4. The molecule has 134 valence electrons. The zero-order valence-electron chi connectivity index (χ0n) is 14.8. The second kappa shape index (κ2) is 6.44. The van der Waals surface area contributed by atoms with Gasteiger partial charge in [0.15, 0.2) is 5.65 Å². The molecule has 1 saturated heterocycles. The van der Waals surface area contributed by atoms with Gasteiger partial charge in [-0.05, 0) is 26.8 Å². The van der Waals surface area contributed by atoms with E-state index in [1.165, 1.54) is 12.0 Å². The number of methoxy groups -OCH3 is 1. The van der Waals surface area contributed by atoms with Gasteiger partial charge in [-0.3, -0.25) is 4.79 Å². The monoisotopic (exact) mass is 346 g/mol. The van der Waals surface area contributed by atoms with Crippen LogP contribution < -0.4 is 0 Å². The first-order valence-electron chi connectivity index (χ1n) is 8.25. The number of aromatic nitrogens is 3. The van der Waals surface area contributed by atoms with Crippen LogP contribution in [0.2, 0.25) is 0 Å². The molecule has 1 N–H and O–H groups in total. The SMILES string of the molecule is COC1CC(C(=O)O)N(C(=O)c2cc(C)nc3c2cnn3C(C)C)C1. The van der Waals surface area contributed by atoms with Crippen molar-refractivity contribution in [2.24, 2.45) is 0 Å². The lowest BCUT2D eigenvalue weighted by molar-refractivity contribution is -0.141. The minimum absolute atomic E-state index is 0.103. The Morgan fingerprint density at radius 1 is 1.40 bits per heavy atom. The Morgan fingerprint density at radius 3 is 2.72 bits per heavy atom. The maximum Gasteiger partial charge on any atom is 0.326 e. The predicted octanol–water partition coefficient (Wildman–Crippen LogP) is 1.63. The third kappa shape index (κ3) is 2.97. The average molecular weight is 346 g/mol. The molecule has 0 radical (unpaired) electrons. The van der Waals surface area contributed by atoms with E-state index in [0.29, 0.717) is 22.3 Å². The van der Waals surface area contributed by atoms with Crippen LogP contribution in [0.1, 0.15) is 42.4 Å². The van der Waals surface area contributed by atoms with Crippen molar-refractivity contribution in [3.63, 3.8) is 0 Å². The van der Waals surface area contributed by atoms with Gasteiger partial charge >= 0.3 is 5.97 Å². The van der Waals surface area contributed by atoms with Crippen molar-refractivity contribution in [2.45, 2.75) is 45.4 Å². The summed E-state index contributed by atoms with van der Waals surface area (Å²) in [6, 6.07) is 0.906. The molecule has 1 amide bonds. The number of nitrogens with zero attached hydrogens (tertiary/aromatic N) is 4. The second-order valence-electron chi connectivity index (χ2n) is 6.64. The lowest BCUT2D eigenvalue weighted by Crippen LogP contribution is -2.40. The maximum absolute atomic E-state index is 13.1. The summed E-state index contributed by atoms with van der Waals surface area (Å²) in [4.78, 5) is 30.5. The van der Waals surface area contributed by atoms with E-state index in [4.69, 9.17) is 4.74 Å². The van der Waals surface area contributed by atoms with Crippen LogP contribution in [-0.2, 0) is 9.53 Å². The van der Waals surface area contributed by atoms with E-state index in [1.807, 2.05) is 20.8 Å². The largest absolute Gasteiger partial charge is 0.480 e. The van der Waals surface area contributed by atoms with Crippen molar-refractivity contribution in [2.75, 3.05) is 13.7 Å². The van der Waals surface area contributed by atoms with Crippen molar-refractivity contribution >= 4 is 22.9 Å². The van der Waals surface area contributed by atoms with Crippen molar-refractivity contribution in [3.05, 3.63) is 23.5 Å². The molecule has 2 aromatic heterocycles. The highest BCUT2D eigenvalue weighted by atomic mass is 16.5. The number of hydrogen-bond donors (Lipinski definition) is 1. The summed E-state index contributed by atoms with van der Waals surface area (Å²) in [7, 11) is 1.53. The smallest absolute Gasteiger partial charge is 0.326 e. The molecule has 3 heterocycles. The van der Waals surface area contributed by atoms with E-state index < -0.39 is 12.0 Å². The van der Waals surface area contributed by atoms with Gasteiger partial charge in [0, 0.05) is 31.8 Å². The highest BCUT2D eigenvalue weighted by Gasteiger charge is 2.40. The molecular weight excluding hydrogens is 324 g/mol. The molecule has 0 aromatic carbocycles. The number of fused-ring (bicyclic) bond motifs is 1. The zero-order valence-corrected chi connectivity index (χ0v) is 14.8. The molecule has 2 atom stereocenters. The number of carboxylic acids is 1. The van der Waals surface area contributed by atoms with Gasteiger partial charge in [-0.15, -0.1) is 0 Å². The molecule has 0 bridgehead atoms. The highest BCUT2D eigenvalue weighted by Crippen LogP contribution is 2.27. The van der Waals surface area contributed by atoms with E-state index in [2.05, 4.69) is 10.1 Å². The van der Waals surface area contributed by atoms with Gasteiger partial charge in [0.25, 0.3) is 5.91 Å². The van der Waals surface area contributed by atoms with Gasteiger partial charge in [-0.25, -0.2) is 14.5 Å². The molecule has 1 fully saturated rings. The van der Waals surface area contributed by atoms with E-state index in [0.717, 1.165) is 0 Å². The van der Waals surface area contributed by atoms with Crippen LogP contribution in [0.5, 0.6) is 0 Å². The number of carboxylic acid groups (broad SMARTS) is 1. The number of ether oxygens (including phenoxy) is 1. The van der Waals surface area contributed by atoms with Crippen molar-refractivity contribution in [1.29, 1.82) is 0 Å². The Kier molecular flexibility index (Phi) is 4.47. The lowest BCUT2D eigenvalue weighted by Gasteiger charge is -2.21. The summed E-state index contributed by atoms with van der Waals surface area (Å²) in [6.45, 7) is 6.04. The molecule has 8 heteroatoms. The molecule has 25 heavy (non-hydrogen) atoms. The van der Waals surface area contributed by atoms with Gasteiger partial charge in [0.1, 0.15) is 6.04 Å². The minimum atomic E-state index is -1.02. The number of hydrogen-bond acceptors (Lipinski definition) is 5. The fourth-order valence-corrected chi connectivity index (χ4v) is 3.28. The first kappa shape index (κ1) is 17.3. The molecule has 2 aromatic rings. The highest BCUT2D eigenvalue weighted by molar-refractivity contribution is 6.06. The summed E-state index contributed by atoms with van der Waals surface area (Å²) < 4.78 is 7.03. The Bertz CT molecular complexity index is 829. The number of carbonyl (C=O) groups excluding carboxylic acids is 1. The van der Waals surface area contributed by atoms with Gasteiger partial charge in [-0.1, -0.05) is 0 Å². The zero-order chi connectivity index (χ0) is 18.3. The van der Waals surface area contributed by atoms with Crippen molar-refractivity contribution in [3.8, 4) is 0 Å². The summed E-state index contributed by atoms with van der Waals surface area (Å²) in [5.74, 6) is -1.35. The summed E-state index contributed by atoms with van der Waals surface area (Å²) in [5, 5.41) is 14.4. The third-order valence-electron chi connectivity index (χ3n) is 4.56. The van der Waals surface area contributed by atoms with Gasteiger partial charge in [0.2, 0.25) is 0 Å². The second-order valence-corrected chi connectivity index (χ2v) is 6.64. The number of aryl methyl sites for hydroxylation is 1. The minimum Gasteiger partial charge on any atom is -0.480 e. The molecule has 0 aliphatic carbocycles. The van der Waals surface area contributed by atoms with Crippen LogP contribution in [0.25, 0.3) is 11.0 Å². The van der Waals surface area contributed by atoms with Gasteiger partial charge < -0.3 is 14.7 Å². The number of amides is 1. The molecule has 1 aliphatic heterocycles. The van der Waals surface area contributed by atoms with Crippen LogP contribution in [-0.4, -0.2) is 62.4 Å². The summed E-state index contributed by atoms with van der Waals surface area (Å²) in [6.07, 6.45) is 1.63. The van der Waals surface area contributed by atoms with E-state index in [-0.39, 0.29) is 31.0 Å². The normalized spacial score (nSPS) is 20.6. The van der Waals surface area contributed by atoms with E-state index >= 15 is 0 Å². The topological polar surface area (TPSA) is 97.6 Å². The Balaban J connectivity index is 2.06. The standard InChI is InChI=1S/C17H22N4O4/c1-9(2)21-15-13(7-18-21)12(5-10(3)19-15)16(22)20-8-11(25-4)6-14(20)17(23)24/h5,7,9,11,14H,6,8H2,1-4H3,(H,23,24). The molecule has 0 saturated carbocycles. The number of likely N-dealkylation sites (tertiary alicyclic amines) is 1. The number of aliphatic carboxylic acids is 1. The first-order chi connectivity index (χ1) is 11.8. The maximum atomic E-state index is 13.1. The van der Waals surface area contributed by atoms with E-state index in [1.54, 1.807) is 16.9 Å². The van der Waals surface area contributed by atoms with Crippen molar-refractivity contribution < 1.29 is 19.4 Å². The van der Waals surface area contributed by atoms with Gasteiger partial charge in [0.05, 0.1) is 23.3 Å². The quantitative estimate of drug-likeness (QED) is 0.904. The van der Waals surface area contributed by atoms with Gasteiger partial charge in [-0.2, -0.15) is 5.10 Å². The Morgan fingerprint density at radius 2 is 2.12 bits per heavy atom. The molecule has 1 aliphatic rings. The summed E-state index contributed by atoms with van der Waals surface area (Å²) >= 11 is 0. The van der Waals surface area contributed by atoms with Crippen LogP contribution in [0, 0.1) is 6.92 Å². The Hall–Kier alpha value is -2.48. The fourth-order valence-electron chi connectivity index (χ4n) is 3.28. The van der Waals surface area contributed by atoms with Crippen LogP contribution in [0.15, 0.2) is 12.3 Å². The molecule has 8 nitrogen and oxygen atoms in total. The molecule has 2 unspecified atom stereocenters. The fraction of sp³-hybridized carbons (Fsp3) is 0.529. The lowest BCUT2D eigenvalue weighted by atomic mass is 10.1. The molecule has 0 spiro atoms. The Labute approximate surface area is 145 Å². The van der Waals surface area contributed by atoms with Crippen molar-refractivity contribution in [1.82, 2.24) is 19.7 Å². The summed E-state index contributed by atoms with van der Waals surface area (Å²) in [5.41, 5.74) is 1.75.